The van der Waals surface area contributed by atoms with Crippen molar-refractivity contribution in [2.75, 3.05) is 0 Å². The van der Waals surface area contributed by atoms with Gasteiger partial charge in [-0.2, -0.15) is 0 Å². The molecule has 18 heavy (non-hydrogen) atoms. The maximum Gasteiger partial charge on any atom is 0.234 e. The third-order valence-corrected chi connectivity index (χ3v) is 3.08. The molecule has 98 valence electrons. The molecule has 1 rings (SSSR count). The molecule has 0 heterocycles. The maximum absolute atomic E-state index is 11.7. The molecule has 0 aromatic heterocycles. The number of alkyl halides is 3. The van der Waals surface area contributed by atoms with Crippen LogP contribution in [0.1, 0.15) is 10.4 Å². The summed E-state index contributed by atoms with van der Waals surface area (Å²) in [7, 11) is 0. The van der Waals surface area contributed by atoms with Crippen molar-refractivity contribution in [3.63, 3.8) is 0 Å². The van der Waals surface area contributed by atoms with Crippen molar-refractivity contribution in [2.24, 2.45) is 0 Å². The number of carbonyl (C=O) groups is 1. The van der Waals surface area contributed by atoms with Crippen LogP contribution >= 0.6 is 50.7 Å². The standard InChI is InChI=1S/C11H9BrCl3NO2/c12-8-3-1-7(2-4-8)9(17)5-6-16-10(18)11(13,14)15/h1-6,10,16,18H/b6-5+/t10-/m0/s1. The molecular weight excluding hydrogens is 364 g/mol. The third-order valence-electron chi connectivity index (χ3n) is 1.93. The molecule has 0 fully saturated rings. The second-order valence-electron chi connectivity index (χ2n) is 3.32. The Hall–Kier alpha value is -0.260. The molecule has 1 atom stereocenters. The first-order valence-corrected chi connectivity index (χ1v) is 6.70. The Balaban J connectivity index is 2.58. The number of nitrogens with one attached hydrogen (secondary N) is 1. The lowest BCUT2D eigenvalue weighted by Gasteiger charge is -2.18. The van der Waals surface area contributed by atoms with Gasteiger partial charge in [-0.3, -0.25) is 4.79 Å². The topological polar surface area (TPSA) is 49.3 Å². The van der Waals surface area contributed by atoms with Crippen LogP contribution in [0, 0.1) is 0 Å². The average Bonchev–Trinajstić information content (AvgIpc) is 2.28. The summed E-state index contributed by atoms with van der Waals surface area (Å²) in [5, 5.41) is 11.7. The lowest BCUT2D eigenvalue weighted by molar-refractivity contribution is 0.104. The van der Waals surface area contributed by atoms with Gasteiger partial charge in [0.2, 0.25) is 3.79 Å². The van der Waals surface area contributed by atoms with E-state index in [0.717, 1.165) is 4.47 Å². The summed E-state index contributed by atoms with van der Waals surface area (Å²) in [6, 6.07) is 6.85. The molecule has 0 saturated heterocycles. The normalized spacial score (nSPS) is 13.6. The predicted octanol–water partition coefficient (Wildman–Crippen LogP) is 3.42. The van der Waals surface area contributed by atoms with Gasteiger partial charge < -0.3 is 10.4 Å². The molecule has 1 aromatic carbocycles. The third kappa shape index (κ3) is 5.16. The van der Waals surface area contributed by atoms with Crippen molar-refractivity contribution < 1.29 is 9.90 Å². The van der Waals surface area contributed by atoms with E-state index in [1.165, 1.54) is 12.3 Å². The molecule has 0 saturated carbocycles. The number of benzene rings is 1. The predicted molar refractivity (Wildman–Crippen MR) is 77.0 cm³/mol. The highest BCUT2D eigenvalue weighted by Crippen LogP contribution is 2.28. The second kappa shape index (κ2) is 6.78. The molecule has 0 aliphatic carbocycles. The SMILES string of the molecule is O=C(/C=C/N[C@@H](O)C(Cl)(Cl)Cl)c1ccc(Br)cc1. The molecule has 7 heteroatoms. The summed E-state index contributed by atoms with van der Waals surface area (Å²) in [6.07, 6.45) is 1.08. The summed E-state index contributed by atoms with van der Waals surface area (Å²) >= 11 is 19.6. The van der Waals surface area contributed by atoms with Crippen LogP contribution in [0.15, 0.2) is 41.0 Å². The number of carbonyl (C=O) groups excluding carboxylic acids is 1. The Morgan fingerprint density at radius 1 is 1.33 bits per heavy atom. The molecule has 0 aliphatic rings. The number of aliphatic hydroxyl groups is 1. The molecule has 0 bridgehead atoms. The van der Waals surface area contributed by atoms with E-state index in [4.69, 9.17) is 34.8 Å². The highest BCUT2D eigenvalue weighted by Gasteiger charge is 2.29. The lowest BCUT2D eigenvalue weighted by atomic mass is 10.1. The van der Waals surface area contributed by atoms with E-state index in [0.29, 0.717) is 5.56 Å². The van der Waals surface area contributed by atoms with E-state index in [1.54, 1.807) is 24.3 Å². The van der Waals surface area contributed by atoms with Crippen LogP contribution in [0.5, 0.6) is 0 Å². The van der Waals surface area contributed by atoms with E-state index in [9.17, 15) is 9.90 Å². The van der Waals surface area contributed by atoms with Gasteiger partial charge in [-0.15, -0.1) is 0 Å². The minimum Gasteiger partial charge on any atom is -0.370 e. The van der Waals surface area contributed by atoms with E-state index in [1.807, 2.05) is 0 Å². The Morgan fingerprint density at radius 2 is 1.89 bits per heavy atom. The van der Waals surface area contributed by atoms with Crippen LogP contribution in [0.2, 0.25) is 0 Å². The van der Waals surface area contributed by atoms with Gasteiger partial charge in [0.1, 0.15) is 0 Å². The monoisotopic (exact) mass is 371 g/mol. The summed E-state index contributed by atoms with van der Waals surface area (Å²) in [5.74, 6) is -0.230. The van der Waals surface area contributed by atoms with E-state index in [-0.39, 0.29) is 5.78 Å². The number of ketones is 1. The highest BCUT2D eigenvalue weighted by atomic mass is 79.9. The van der Waals surface area contributed by atoms with Crippen LogP contribution in [0.4, 0.5) is 0 Å². The number of halogens is 4. The van der Waals surface area contributed by atoms with E-state index in [2.05, 4.69) is 21.2 Å². The van der Waals surface area contributed by atoms with Gasteiger partial charge in [0.25, 0.3) is 0 Å². The van der Waals surface area contributed by atoms with Crippen molar-refractivity contribution in [3.8, 4) is 0 Å². The first-order chi connectivity index (χ1) is 8.30. The Bertz CT molecular complexity index is 443. The Morgan fingerprint density at radius 3 is 2.39 bits per heavy atom. The molecule has 0 unspecified atom stereocenters. The number of rotatable bonds is 4. The molecular formula is C11H9BrCl3NO2. The largest absolute Gasteiger partial charge is 0.370 e. The molecule has 0 radical (unpaired) electrons. The molecule has 2 N–H and O–H groups in total. The van der Waals surface area contributed by atoms with Crippen LogP contribution in [-0.2, 0) is 0 Å². The number of hydrogen-bond donors (Lipinski definition) is 2. The first-order valence-electron chi connectivity index (χ1n) is 4.78. The maximum atomic E-state index is 11.7. The van der Waals surface area contributed by atoms with Gasteiger partial charge in [0.15, 0.2) is 12.0 Å². The number of aliphatic hydroxyl groups excluding tert-OH is 1. The smallest absolute Gasteiger partial charge is 0.234 e. The van der Waals surface area contributed by atoms with E-state index < -0.39 is 10.0 Å². The minimum atomic E-state index is -1.86. The van der Waals surface area contributed by atoms with Gasteiger partial charge in [0.05, 0.1) is 0 Å². The summed E-state index contributed by atoms with van der Waals surface area (Å²) in [4.78, 5) is 11.7. The van der Waals surface area contributed by atoms with Crippen molar-refractivity contribution in [3.05, 3.63) is 46.6 Å². The summed E-state index contributed by atoms with van der Waals surface area (Å²) in [5.41, 5.74) is 0.514. The van der Waals surface area contributed by atoms with Crippen molar-refractivity contribution in [1.29, 1.82) is 0 Å². The van der Waals surface area contributed by atoms with Gasteiger partial charge in [-0.25, -0.2) is 0 Å². The summed E-state index contributed by atoms with van der Waals surface area (Å²) in [6.45, 7) is 0. The van der Waals surface area contributed by atoms with Crippen LogP contribution in [0.3, 0.4) is 0 Å². The van der Waals surface area contributed by atoms with Crippen LogP contribution in [0.25, 0.3) is 0 Å². The first kappa shape index (κ1) is 15.8. The Kier molecular flexibility index (Phi) is 5.95. The second-order valence-corrected chi connectivity index (χ2v) is 6.60. The fourth-order valence-corrected chi connectivity index (χ4v) is 1.47. The highest BCUT2D eigenvalue weighted by molar-refractivity contribution is 9.10. The van der Waals surface area contributed by atoms with Gasteiger partial charge in [0, 0.05) is 22.3 Å². The zero-order chi connectivity index (χ0) is 13.8. The lowest BCUT2D eigenvalue weighted by Crippen LogP contribution is -2.36. The van der Waals surface area contributed by atoms with Crippen LogP contribution in [-0.4, -0.2) is 20.9 Å². The minimum absolute atomic E-state index is 0.230. The quantitative estimate of drug-likeness (QED) is 0.368. The van der Waals surface area contributed by atoms with Crippen molar-refractivity contribution in [1.82, 2.24) is 5.32 Å². The van der Waals surface area contributed by atoms with Gasteiger partial charge in [-0.05, 0) is 24.3 Å². The molecule has 0 amide bonds. The number of hydrogen-bond acceptors (Lipinski definition) is 3. The fraction of sp³-hybridized carbons (Fsp3) is 0.182. The zero-order valence-electron chi connectivity index (χ0n) is 8.91. The molecule has 0 aliphatic heterocycles. The Labute approximate surface area is 128 Å². The molecule has 3 nitrogen and oxygen atoms in total. The van der Waals surface area contributed by atoms with Gasteiger partial charge >= 0.3 is 0 Å². The van der Waals surface area contributed by atoms with Crippen molar-refractivity contribution in [2.45, 2.75) is 10.0 Å². The van der Waals surface area contributed by atoms with Gasteiger partial charge in [-0.1, -0.05) is 50.7 Å². The number of allylic oxidation sites excluding steroid dienone is 1. The average molecular weight is 373 g/mol. The van der Waals surface area contributed by atoms with Crippen LogP contribution < -0.4 is 5.32 Å². The molecule has 1 aromatic rings. The van der Waals surface area contributed by atoms with E-state index >= 15 is 0 Å². The van der Waals surface area contributed by atoms with Crippen molar-refractivity contribution >= 4 is 56.5 Å². The zero-order valence-corrected chi connectivity index (χ0v) is 12.8. The molecule has 0 spiro atoms. The fourth-order valence-electron chi connectivity index (χ4n) is 1.02. The summed E-state index contributed by atoms with van der Waals surface area (Å²) < 4.78 is -0.974.